The second-order valence-corrected chi connectivity index (χ2v) is 4.39. The van der Waals surface area contributed by atoms with Gasteiger partial charge < -0.3 is 11.1 Å². The molecule has 0 spiro atoms. The van der Waals surface area contributed by atoms with Gasteiger partial charge in [-0.25, -0.2) is 0 Å². The molecule has 0 saturated carbocycles. The minimum atomic E-state index is -0.195. The molecule has 88 valence electrons. The Morgan fingerprint density at radius 2 is 2.00 bits per heavy atom. The number of nitrogens with zero attached hydrogens (tertiary/aromatic N) is 1. The largest absolute Gasteiger partial charge is 0.392 e. The zero-order chi connectivity index (χ0) is 12.0. The Morgan fingerprint density at radius 1 is 1.47 bits per heavy atom. The fraction of sp³-hybridized carbons (Fsp3) is 0.800. The molecule has 4 nitrogen and oxygen atoms in total. The van der Waals surface area contributed by atoms with Gasteiger partial charge in [0.1, 0.15) is 0 Å². The number of amides is 1. The molecule has 0 saturated heterocycles. The standard InChI is InChI=1S/C10H21N3OS/c1-5-13(6-9(11)15)8(4)10(14)12-7(2)3/h7-8H,5-6H2,1-4H3,(H2,11,15)(H,12,14). The highest BCUT2D eigenvalue weighted by Crippen LogP contribution is 1.99. The average Bonchev–Trinajstić information content (AvgIpc) is 2.11. The highest BCUT2D eigenvalue weighted by atomic mass is 32.1. The van der Waals surface area contributed by atoms with Gasteiger partial charge >= 0.3 is 0 Å². The van der Waals surface area contributed by atoms with Crippen molar-refractivity contribution in [2.24, 2.45) is 5.73 Å². The molecule has 0 radical (unpaired) electrons. The molecule has 0 heterocycles. The first kappa shape index (κ1) is 14.3. The third-order valence-corrected chi connectivity index (χ3v) is 2.25. The molecule has 0 rings (SSSR count). The van der Waals surface area contributed by atoms with Crippen molar-refractivity contribution in [3.05, 3.63) is 0 Å². The van der Waals surface area contributed by atoms with E-state index in [-0.39, 0.29) is 18.0 Å². The summed E-state index contributed by atoms with van der Waals surface area (Å²) in [6.07, 6.45) is 0. The van der Waals surface area contributed by atoms with E-state index in [1.165, 1.54) is 0 Å². The highest BCUT2D eigenvalue weighted by molar-refractivity contribution is 7.80. The van der Waals surface area contributed by atoms with Crippen molar-refractivity contribution in [1.82, 2.24) is 10.2 Å². The van der Waals surface area contributed by atoms with E-state index in [4.69, 9.17) is 18.0 Å². The van der Waals surface area contributed by atoms with Crippen molar-refractivity contribution in [3.63, 3.8) is 0 Å². The molecule has 0 aliphatic carbocycles. The van der Waals surface area contributed by atoms with E-state index < -0.39 is 0 Å². The molecule has 1 unspecified atom stereocenters. The lowest BCUT2D eigenvalue weighted by Crippen LogP contribution is -2.49. The fourth-order valence-corrected chi connectivity index (χ4v) is 1.46. The third kappa shape index (κ3) is 5.69. The van der Waals surface area contributed by atoms with E-state index in [1.807, 2.05) is 32.6 Å². The van der Waals surface area contributed by atoms with Gasteiger partial charge in [0.15, 0.2) is 0 Å². The summed E-state index contributed by atoms with van der Waals surface area (Å²) in [5, 5.41) is 2.87. The molecule has 0 fully saturated rings. The zero-order valence-electron chi connectivity index (χ0n) is 9.91. The van der Waals surface area contributed by atoms with Gasteiger partial charge in [-0.2, -0.15) is 0 Å². The van der Waals surface area contributed by atoms with Crippen LogP contribution in [0.2, 0.25) is 0 Å². The number of hydrogen-bond acceptors (Lipinski definition) is 3. The van der Waals surface area contributed by atoms with E-state index >= 15 is 0 Å². The third-order valence-electron chi connectivity index (χ3n) is 2.12. The Bertz CT molecular complexity index is 231. The number of hydrogen-bond donors (Lipinski definition) is 2. The van der Waals surface area contributed by atoms with E-state index in [0.29, 0.717) is 11.5 Å². The lowest BCUT2D eigenvalue weighted by molar-refractivity contribution is -0.126. The van der Waals surface area contributed by atoms with Crippen LogP contribution in [0.1, 0.15) is 27.7 Å². The van der Waals surface area contributed by atoms with Crippen LogP contribution in [-0.4, -0.2) is 41.0 Å². The van der Waals surface area contributed by atoms with Crippen LogP contribution in [-0.2, 0) is 4.79 Å². The molecule has 0 aliphatic rings. The van der Waals surface area contributed by atoms with E-state index in [9.17, 15) is 4.79 Å². The summed E-state index contributed by atoms with van der Waals surface area (Å²) >= 11 is 4.84. The Morgan fingerprint density at radius 3 is 2.33 bits per heavy atom. The Balaban J connectivity index is 4.30. The highest BCUT2D eigenvalue weighted by Gasteiger charge is 2.20. The summed E-state index contributed by atoms with van der Waals surface area (Å²) in [6.45, 7) is 8.96. The zero-order valence-corrected chi connectivity index (χ0v) is 10.7. The van der Waals surface area contributed by atoms with Gasteiger partial charge in [-0.3, -0.25) is 9.69 Å². The SMILES string of the molecule is CCN(CC(N)=S)C(C)C(=O)NC(C)C. The number of thiocarbonyl (C=S) groups is 1. The van der Waals surface area contributed by atoms with E-state index in [2.05, 4.69) is 5.32 Å². The Kier molecular flexibility index (Phi) is 6.43. The van der Waals surface area contributed by atoms with Gasteiger partial charge in [0, 0.05) is 12.6 Å². The van der Waals surface area contributed by atoms with Crippen LogP contribution in [0, 0.1) is 0 Å². The number of likely N-dealkylation sites (N-methyl/N-ethyl adjacent to an activating group) is 1. The first-order chi connectivity index (χ1) is 6.88. The summed E-state index contributed by atoms with van der Waals surface area (Å²) in [6, 6.07) is -0.0395. The molecule has 0 aromatic carbocycles. The molecular formula is C10H21N3OS. The molecule has 5 heteroatoms. The van der Waals surface area contributed by atoms with Crippen molar-refractivity contribution < 1.29 is 4.79 Å². The van der Waals surface area contributed by atoms with Crippen LogP contribution in [0.15, 0.2) is 0 Å². The van der Waals surface area contributed by atoms with Crippen molar-refractivity contribution in [2.45, 2.75) is 39.8 Å². The maximum Gasteiger partial charge on any atom is 0.237 e. The molecule has 0 aromatic rings. The maximum atomic E-state index is 11.7. The number of nitrogens with two attached hydrogens (primary N) is 1. The van der Waals surface area contributed by atoms with Crippen molar-refractivity contribution in [1.29, 1.82) is 0 Å². The average molecular weight is 231 g/mol. The second-order valence-electron chi connectivity index (χ2n) is 3.87. The lowest BCUT2D eigenvalue weighted by atomic mass is 10.2. The monoisotopic (exact) mass is 231 g/mol. The van der Waals surface area contributed by atoms with Crippen molar-refractivity contribution in [3.8, 4) is 0 Å². The normalized spacial score (nSPS) is 12.9. The van der Waals surface area contributed by atoms with Gasteiger partial charge in [-0.15, -0.1) is 0 Å². The molecule has 1 atom stereocenters. The van der Waals surface area contributed by atoms with Crippen LogP contribution >= 0.6 is 12.2 Å². The smallest absolute Gasteiger partial charge is 0.237 e. The van der Waals surface area contributed by atoms with Crippen LogP contribution in [0.5, 0.6) is 0 Å². The topological polar surface area (TPSA) is 58.4 Å². The van der Waals surface area contributed by atoms with Crippen molar-refractivity contribution in [2.75, 3.05) is 13.1 Å². The minimum absolute atomic E-state index is 0.0168. The predicted octanol–water partition coefficient (Wildman–Crippen LogP) is 0.508. The van der Waals surface area contributed by atoms with Gasteiger partial charge in [-0.1, -0.05) is 19.1 Å². The first-order valence-corrected chi connectivity index (χ1v) is 5.62. The Hall–Kier alpha value is -0.680. The number of carbonyl (C=O) groups excluding carboxylic acids is 1. The summed E-state index contributed by atoms with van der Waals surface area (Å²) in [5.74, 6) is 0.0168. The molecule has 1 amide bonds. The Labute approximate surface area is 97.2 Å². The predicted molar refractivity (Wildman–Crippen MR) is 66.8 cm³/mol. The summed E-state index contributed by atoms with van der Waals surface area (Å²) in [5.41, 5.74) is 5.47. The molecule has 0 aromatic heterocycles. The minimum Gasteiger partial charge on any atom is -0.392 e. The summed E-state index contributed by atoms with van der Waals surface area (Å²) < 4.78 is 0. The van der Waals surface area contributed by atoms with Crippen LogP contribution in [0.3, 0.4) is 0 Å². The molecule has 3 N–H and O–H groups in total. The van der Waals surface area contributed by atoms with E-state index in [0.717, 1.165) is 6.54 Å². The van der Waals surface area contributed by atoms with Crippen LogP contribution < -0.4 is 11.1 Å². The van der Waals surface area contributed by atoms with E-state index in [1.54, 1.807) is 0 Å². The lowest BCUT2D eigenvalue weighted by Gasteiger charge is -2.26. The van der Waals surface area contributed by atoms with Gasteiger partial charge in [0.25, 0.3) is 0 Å². The number of rotatable bonds is 6. The molecule has 0 aliphatic heterocycles. The molecule has 0 bridgehead atoms. The van der Waals surface area contributed by atoms with Gasteiger partial charge in [0.2, 0.25) is 5.91 Å². The fourth-order valence-electron chi connectivity index (χ4n) is 1.29. The van der Waals surface area contributed by atoms with Crippen LogP contribution in [0.4, 0.5) is 0 Å². The number of carbonyl (C=O) groups is 1. The number of nitrogens with one attached hydrogen (secondary N) is 1. The van der Waals surface area contributed by atoms with Gasteiger partial charge in [-0.05, 0) is 27.3 Å². The van der Waals surface area contributed by atoms with Crippen molar-refractivity contribution >= 4 is 23.1 Å². The first-order valence-electron chi connectivity index (χ1n) is 5.21. The van der Waals surface area contributed by atoms with Gasteiger partial charge in [0.05, 0.1) is 11.0 Å². The summed E-state index contributed by atoms with van der Waals surface area (Å²) in [7, 11) is 0. The maximum absolute atomic E-state index is 11.7. The second kappa shape index (κ2) is 6.74. The molecule has 15 heavy (non-hydrogen) atoms. The molecular weight excluding hydrogens is 210 g/mol. The quantitative estimate of drug-likeness (QED) is 0.654. The summed E-state index contributed by atoms with van der Waals surface area (Å²) in [4.78, 5) is 14.1. The van der Waals surface area contributed by atoms with Crippen LogP contribution in [0.25, 0.3) is 0 Å².